The number of phenolic OH excluding ortho intramolecular Hbond substituents is 3. The van der Waals surface area contributed by atoms with Gasteiger partial charge in [-0.3, -0.25) is 0 Å². The molecule has 0 heterocycles. The van der Waals surface area contributed by atoms with Crippen molar-refractivity contribution in [2.75, 3.05) is 20.8 Å². The maximum atomic E-state index is 11.1. The van der Waals surface area contributed by atoms with E-state index in [9.17, 15) is 20.4 Å². The number of aryl methyl sites for hydroxylation is 1. The molecule has 0 radical (unpaired) electrons. The van der Waals surface area contributed by atoms with E-state index in [0.717, 1.165) is 5.56 Å². The zero-order chi connectivity index (χ0) is 25.8. The van der Waals surface area contributed by atoms with Gasteiger partial charge in [0.05, 0.1) is 19.8 Å². The highest BCUT2D eigenvalue weighted by Crippen LogP contribution is 2.50. The van der Waals surface area contributed by atoms with Gasteiger partial charge in [-0.05, 0) is 53.9 Å². The third kappa shape index (κ3) is 5.01. The van der Waals surface area contributed by atoms with Gasteiger partial charge in [-0.15, -0.1) is 0 Å². The van der Waals surface area contributed by atoms with Crippen LogP contribution in [0.1, 0.15) is 17.2 Å². The maximum absolute atomic E-state index is 11.1. The molecule has 0 amide bonds. The topological polar surface area (TPSA) is 109 Å². The zero-order valence-corrected chi connectivity index (χ0v) is 20.2. The Labute approximate surface area is 209 Å². The summed E-state index contributed by atoms with van der Waals surface area (Å²) in [6.07, 6.45) is -0.856. The summed E-state index contributed by atoms with van der Waals surface area (Å²) in [5.74, 6) is 0.567. The van der Waals surface area contributed by atoms with Crippen LogP contribution in [0.4, 0.5) is 0 Å². The zero-order valence-electron chi connectivity index (χ0n) is 20.2. The molecular formula is C29H28O7. The Morgan fingerprint density at radius 1 is 0.750 bits per heavy atom. The van der Waals surface area contributed by atoms with Crippen molar-refractivity contribution in [1.82, 2.24) is 0 Å². The normalized spacial score (nSPS) is 11.7. The number of rotatable bonds is 8. The van der Waals surface area contributed by atoms with Crippen LogP contribution in [-0.4, -0.2) is 41.3 Å². The Morgan fingerprint density at radius 2 is 1.42 bits per heavy atom. The Kier molecular flexibility index (Phi) is 7.22. The molecule has 0 spiro atoms. The molecular weight excluding hydrogens is 460 g/mol. The number of hydrogen-bond acceptors (Lipinski definition) is 7. The molecule has 0 bridgehead atoms. The van der Waals surface area contributed by atoms with Crippen LogP contribution in [0, 0.1) is 6.92 Å². The lowest BCUT2D eigenvalue weighted by Gasteiger charge is -2.19. The number of aromatic hydroxyl groups is 3. The van der Waals surface area contributed by atoms with Crippen molar-refractivity contribution in [3.05, 3.63) is 83.9 Å². The Morgan fingerprint density at radius 3 is 2.03 bits per heavy atom. The monoisotopic (exact) mass is 488 g/mol. The van der Waals surface area contributed by atoms with Crippen molar-refractivity contribution in [2.24, 2.45) is 0 Å². The van der Waals surface area contributed by atoms with E-state index >= 15 is 0 Å². The van der Waals surface area contributed by atoms with Gasteiger partial charge in [0.2, 0.25) is 0 Å². The van der Waals surface area contributed by atoms with Crippen molar-refractivity contribution in [3.63, 3.8) is 0 Å². The van der Waals surface area contributed by atoms with Gasteiger partial charge in [0.25, 0.3) is 0 Å². The molecule has 4 aromatic carbocycles. The summed E-state index contributed by atoms with van der Waals surface area (Å²) in [5, 5.41) is 41.8. The number of benzene rings is 4. The van der Waals surface area contributed by atoms with E-state index in [1.807, 2.05) is 31.2 Å². The molecule has 0 saturated heterocycles. The largest absolute Gasteiger partial charge is 0.508 e. The van der Waals surface area contributed by atoms with Crippen LogP contribution < -0.4 is 14.2 Å². The van der Waals surface area contributed by atoms with Gasteiger partial charge in [0.1, 0.15) is 24.2 Å². The van der Waals surface area contributed by atoms with Crippen LogP contribution >= 0.6 is 0 Å². The quantitative estimate of drug-likeness (QED) is 0.257. The van der Waals surface area contributed by atoms with E-state index in [1.165, 1.54) is 20.3 Å². The van der Waals surface area contributed by atoms with Gasteiger partial charge in [-0.25, -0.2) is 0 Å². The van der Waals surface area contributed by atoms with Gasteiger partial charge in [-0.2, -0.15) is 0 Å². The summed E-state index contributed by atoms with van der Waals surface area (Å²) in [7, 11) is 2.93. The minimum Gasteiger partial charge on any atom is -0.508 e. The first-order valence-corrected chi connectivity index (χ1v) is 11.3. The predicted molar refractivity (Wildman–Crippen MR) is 137 cm³/mol. The van der Waals surface area contributed by atoms with Gasteiger partial charge >= 0.3 is 0 Å². The van der Waals surface area contributed by atoms with Crippen LogP contribution in [0.2, 0.25) is 0 Å². The molecule has 0 saturated carbocycles. The number of methoxy groups -OCH3 is 2. The number of aliphatic hydroxyl groups excluding tert-OH is 1. The second-order valence-electron chi connectivity index (χ2n) is 8.35. The predicted octanol–water partition coefficient (Wildman–Crippen LogP) is 5.58. The van der Waals surface area contributed by atoms with E-state index in [2.05, 4.69) is 0 Å². The van der Waals surface area contributed by atoms with E-state index < -0.39 is 6.10 Å². The average molecular weight is 489 g/mol. The van der Waals surface area contributed by atoms with Crippen molar-refractivity contribution in [1.29, 1.82) is 0 Å². The minimum atomic E-state index is -0.856. The lowest BCUT2D eigenvalue weighted by molar-refractivity contribution is 0.106. The summed E-state index contributed by atoms with van der Waals surface area (Å²) >= 11 is 0. The molecule has 0 aromatic heterocycles. The second kappa shape index (κ2) is 10.5. The summed E-state index contributed by atoms with van der Waals surface area (Å²) in [6, 6.07) is 20.4. The molecule has 36 heavy (non-hydrogen) atoms. The highest BCUT2D eigenvalue weighted by Gasteiger charge is 2.22. The molecule has 7 heteroatoms. The number of hydrogen-bond donors (Lipinski definition) is 4. The van der Waals surface area contributed by atoms with Gasteiger partial charge < -0.3 is 34.6 Å². The third-order valence-electron chi connectivity index (χ3n) is 5.93. The molecule has 7 nitrogen and oxygen atoms in total. The van der Waals surface area contributed by atoms with Gasteiger partial charge in [0, 0.05) is 5.56 Å². The molecule has 186 valence electrons. The maximum Gasteiger partial charge on any atom is 0.170 e. The molecule has 1 unspecified atom stereocenters. The van der Waals surface area contributed by atoms with Crippen LogP contribution in [0.25, 0.3) is 22.3 Å². The Balaban J connectivity index is 1.64. The summed E-state index contributed by atoms with van der Waals surface area (Å²) in [5.41, 5.74) is 3.90. The smallest absolute Gasteiger partial charge is 0.170 e. The molecule has 0 aliphatic carbocycles. The van der Waals surface area contributed by atoms with Crippen LogP contribution in [0.5, 0.6) is 34.5 Å². The third-order valence-corrected chi connectivity index (χ3v) is 5.93. The minimum absolute atomic E-state index is 0.0420. The van der Waals surface area contributed by atoms with Crippen molar-refractivity contribution < 1.29 is 34.6 Å². The van der Waals surface area contributed by atoms with Crippen LogP contribution in [0.3, 0.4) is 0 Å². The van der Waals surface area contributed by atoms with Crippen LogP contribution in [0.15, 0.2) is 72.8 Å². The van der Waals surface area contributed by atoms with Crippen molar-refractivity contribution >= 4 is 0 Å². The van der Waals surface area contributed by atoms with Crippen molar-refractivity contribution in [2.45, 2.75) is 13.0 Å². The first kappa shape index (κ1) is 24.8. The van der Waals surface area contributed by atoms with E-state index in [4.69, 9.17) is 14.2 Å². The average Bonchev–Trinajstić information content (AvgIpc) is 2.88. The molecule has 1 atom stereocenters. The number of phenols is 3. The number of aliphatic hydroxyl groups is 1. The summed E-state index contributed by atoms with van der Waals surface area (Å²) in [6.45, 7) is 1.93. The molecule has 4 aromatic rings. The number of ether oxygens (including phenoxy) is 3. The molecule has 4 N–H and O–H groups in total. The first-order chi connectivity index (χ1) is 17.3. The lowest BCUT2D eigenvalue weighted by atomic mass is 9.96. The fraction of sp³-hybridized carbons (Fsp3) is 0.172. The van der Waals surface area contributed by atoms with E-state index in [0.29, 0.717) is 33.6 Å². The lowest BCUT2D eigenvalue weighted by Crippen LogP contribution is -2.09. The highest BCUT2D eigenvalue weighted by molar-refractivity contribution is 5.88. The first-order valence-electron chi connectivity index (χ1n) is 11.3. The highest BCUT2D eigenvalue weighted by atomic mass is 16.5. The molecule has 0 aliphatic rings. The SMILES string of the molecule is COc1cc(-c2ccc(O)cc2)c(OC)c(O)c1-c1ccc(OCC(O)c2ccc(C)cc2)c(O)c1. The summed E-state index contributed by atoms with van der Waals surface area (Å²) in [4.78, 5) is 0. The van der Waals surface area contributed by atoms with Crippen LogP contribution in [-0.2, 0) is 0 Å². The van der Waals surface area contributed by atoms with Gasteiger partial charge in [0.15, 0.2) is 23.0 Å². The molecule has 4 rings (SSSR count). The fourth-order valence-electron chi connectivity index (χ4n) is 3.98. The standard InChI is InChI=1S/C29H28O7/c1-17-4-6-19(7-5-17)24(32)16-36-25-13-10-20(14-23(25)31)27-26(34-2)15-22(29(35-3)28(27)33)18-8-11-21(30)12-9-18/h4-15,24,30-33H,16H2,1-3H3. The van der Waals surface area contributed by atoms with E-state index in [-0.39, 0.29) is 35.4 Å². The molecule has 0 fully saturated rings. The molecule has 0 aliphatic heterocycles. The Bertz CT molecular complexity index is 1350. The van der Waals surface area contributed by atoms with Crippen molar-refractivity contribution in [3.8, 4) is 56.8 Å². The van der Waals surface area contributed by atoms with E-state index in [1.54, 1.807) is 42.5 Å². The second-order valence-corrected chi connectivity index (χ2v) is 8.35. The summed E-state index contributed by atoms with van der Waals surface area (Å²) < 4.78 is 16.7. The van der Waals surface area contributed by atoms with Gasteiger partial charge in [-0.1, -0.05) is 48.0 Å². The fourth-order valence-corrected chi connectivity index (χ4v) is 3.98. The Hall–Kier alpha value is -4.36.